The van der Waals surface area contributed by atoms with Crippen LogP contribution in [0.4, 0.5) is 9.59 Å². The molecule has 0 radical (unpaired) electrons. The van der Waals surface area contributed by atoms with Crippen molar-refractivity contribution in [1.29, 1.82) is 0 Å². The Kier molecular flexibility index (Phi) is 23.9. The standard InChI is InChI=1S/C31H46N2O8S.C24H40N2O5/c1-23(16-17-31(5)39-18-19-40-31)21-33(42(36,37)26-14-12-25(38-6)13-15-26)22-28(34)27(20-24-10-8-7-9-11-24)32-29(35)41-30(2,3)4;1-18(11-12-24(5)29-13-14-30-24)16-25-17-21(27)20(15-19-9-7-6-8-10-19)26-22(28)31-23(2,3)4/h7-15,23,27-28,34H,16-22H2,1-6H3,(H,32,35);6-10,18,20-21,25,27H,11-17H2,1-5H3,(H,26,28)/t23?,27-,28?;18?,20-,21?/m00/s1. The fourth-order valence-corrected chi connectivity index (χ4v) is 9.88. The first kappa shape index (κ1) is 61.2. The van der Waals surface area contributed by atoms with Gasteiger partial charge in [0.15, 0.2) is 11.6 Å². The average Bonchev–Trinajstić information content (AvgIpc) is 3.97. The number of aliphatic hydroxyl groups is 2. The molecule has 2 aliphatic heterocycles. The van der Waals surface area contributed by atoms with Gasteiger partial charge in [0, 0.05) is 32.5 Å². The summed E-state index contributed by atoms with van der Waals surface area (Å²) in [7, 11) is -2.51. The van der Waals surface area contributed by atoms with Crippen LogP contribution in [-0.2, 0) is 51.3 Å². The van der Waals surface area contributed by atoms with Crippen LogP contribution in [0.15, 0.2) is 89.8 Å². The zero-order valence-corrected chi connectivity index (χ0v) is 46.0. The lowest BCUT2D eigenvalue weighted by atomic mass is 10.00. The number of methoxy groups -OCH3 is 1. The van der Waals surface area contributed by atoms with Crippen LogP contribution in [0, 0.1) is 11.8 Å². The molecule has 5 N–H and O–H groups in total. The van der Waals surface area contributed by atoms with Crippen LogP contribution < -0.4 is 20.7 Å². The molecule has 3 aromatic carbocycles. The predicted octanol–water partition coefficient (Wildman–Crippen LogP) is 7.61. The normalized spacial score (nSPS) is 18.1. The number of carbonyl (C=O) groups excluding carboxylic acids is 2. The van der Waals surface area contributed by atoms with Crippen molar-refractivity contribution in [2.45, 2.75) is 160 Å². The quantitative estimate of drug-likeness (QED) is 0.0553. The number of ether oxygens (including phenoxy) is 7. The van der Waals surface area contributed by atoms with E-state index in [0.29, 0.717) is 63.9 Å². The Bertz CT molecular complexity index is 2180. The Balaban J connectivity index is 0.000000332. The van der Waals surface area contributed by atoms with Gasteiger partial charge < -0.3 is 59.3 Å². The first-order chi connectivity index (χ1) is 34.3. The third-order valence-electron chi connectivity index (χ3n) is 12.4. The number of rotatable bonds is 25. The smallest absolute Gasteiger partial charge is 0.407 e. The van der Waals surface area contributed by atoms with Gasteiger partial charge in [-0.1, -0.05) is 74.5 Å². The van der Waals surface area contributed by atoms with E-state index in [1.165, 1.54) is 23.5 Å². The molecule has 17 nitrogen and oxygen atoms in total. The molecule has 410 valence electrons. The molecule has 0 saturated carbocycles. The molecular formula is C55H86N4O13S. The van der Waals surface area contributed by atoms with Crippen LogP contribution in [0.3, 0.4) is 0 Å². The van der Waals surface area contributed by atoms with Crippen molar-refractivity contribution < 1.29 is 61.4 Å². The molecule has 18 heteroatoms. The molecule has 2 heterocycles. The SMILES string of the molecule is CC(CCC1(C)OCCO1)CNCC(O)[C@H](Cc1ccccc1)NC(=O)OC(C)(C)C.COc1ccc(S(=O)(=O)N(CC(C)CCC2(C)OCCO2)CC(O)[C@H](Cc2ccccc2)NC(=O)OC(C)(C)C)cc1. The summed E-state index contributed by atoms with van der Waals surface area (Å²) < 4.78 is 67.9. The molecule has 3 aromatic rings. The van der Waals surface area contributed by atoms with Gasteiger partial charge in [-0.25, -0.2) is 18.0 Å². The fourth-order valence-electron chi connectivity index (χ4n) is 8.30. The Morgan fingerprint density at radius 1 is 0.644 bits per heavy atom. The second-order valence-corrected chi connectivity index (χ2v) is 23.6. The molecule has 0 spiro atoms. The molecule has 0 bridgehead atoms. The van der Waals surface area contributed by atoms with Gasteiger partial charge in [0.05, 0.1) is 62.7 Å². The third kappa shape index (κ3) is 22.6. The highest BCUT2D eigenvalue weighted by Crippen LogP contribution is 2.29. The molecule has 0 aromatic heterocycles. The first-order valence-electron chi connectivity index (χ1n) is 25.6. The zero-order chi connectivity index (χ0) is 53.9. The summed E-state index contributed by atoms with van der Waals surface area (Å²) in [6.07, 6.45) is 0.644. The Morgan fingerprint density at radius 3 is 1.49 bits per heavy atom. The molecule has 2 aliphatic rings. The van der Waals surface area contributed by atoms with E-state index in [2.05, 4.69) is 22.9 Å². The van der Waals surface area contributed by atoms with Crippen molar-refractivity contribution in [2.24, 2.45) is 11.8 Å². The molecule has 2 fully saturated rings. The van der Waals surface area contributed by atoms with Gasteiger partial charge in [-0.2, -0.15) is 4.31 Å². The summed E-state index contributed by atoms with van der Waals surface area (Å²) in [5.41, 5.74) is 0.583. The monoisotopic (exact) mass is 1040 g/mol. The maximum atomic E-state index is 13.9. The number of sulfonamides is 1. The topological polar surface area (TPSA) is 213 Å². The van der Waals surface area contributed by atoms with E-state index in [0.717, 1.165) is 30.5 Å². The van der Waals surface area contributed by atoms with Crippen molar-refractivity contribution in [3.63, 3.8) is 0 Å². The highest BCUT2D eigenvalue weighted by atomic mass is 32.2. The number of nitrogens with one attached hydrogen (secondary N) is 3. The number of benzene rings is 3. The van der Waals surface area contributed by atoms with Crippen LogP contribution in [0.5, 0.6) is 5.75 Å². The van der Waals surface area contributed by atoms with E-state index in [1.807, 2.05) is 102 Å². The van der Waals surface area contributed by atoms with Gasteiger partial charge in [-0.15, -0.1) is 0 Å². The summed E-state index contributed by atoms with van der Waals surface area (Å²) in [6, 6.07) is 24.1. The van der Waals surface area contributed by atoms with Crippen LogP contribution in [0.1, 0.15) is 106 Å². The maximum absolute atomic E-state index is 13.9. The molecule has 0 aliphatic carbocycles. The number of alkyl carbamates (subject to hydrolysis) is 2. The minimum atomic E-state index is -4.02. The van der Waals surface area contributed by atoms with Crippen LogP contribution in [-0.4, -0.2) is 142 Å². The summed E-state index contributed by atoms with van der Waals surface area (Å²) in [6.45, 7) is 22.1. The highest BCUT2D eigenvalue weighted by molar-refractivity contribution is 7.89. The van der Waals surface area contributed by atoms with Crippen LogP contribution in [0.25, 0.3) is 0 Å². The zero-order valence-electron chi connectivity index (χ0n) is 45.2. The summed E-state index contributed by atoms with van der Waals surface area (Å²) in [4.78, 5) is 25.1. The first-order valence-corrected chi connectivity index (χ1v) is 27.0. The van der Waals surface area contributed by atoms with Crippen molar-refractivity contribution in [1.82, 2.24) is 20.3 Å². The lowest BCUT2D eigenvalue weighted by molar-refractivity contribution is -0.149. The van der Waals surface area contributed by atoms with Gasteiger partial charge in [0.2, 0.25) is 10.0 Å². The Hall–Kier alpha value is -4.37. The number of carbonyl (C=O) groups is 2. The third-order valence-corrected chi connectivity index (χ3v) is 14.2. The minimum absolute atomic E-state index is 0.0804. The van der Waals surface area contributed by atoms with Crippen molar-refractivity contribution >= 4 is 22.2 Å². The second-order valence-electron chi connectivity index (χ2n) is 21.6. The van der Waals surface area contributed by atoms with E-state index in [1.54, 1.807) is 32.9 Å². The number of amides is 2. The summed E-state index contributed by atoms with van der Waals surface area (Å²) in [5, 5.41) is 31.3. The number of hydrogen-bond acceptors (Lipinski definition) is 14. The number of aliphatic hydroxyl groups excluding tert-OH is 2. The van der Waals surface area contributed by atoms with Gasteiger partial charge in [0.25, 0.3) is 0 Å². The van der Waals surface area contributed by atoms with E-state index >= 15 is 0 Å². The summed E-state index contributed by atoms with van der Waals surface area (Å²) in [5.74, 6) is -0.301. The van der Waals surface area contributed by atoms with E-state index in [9.17, 15) is 28.2 Å². The molecular weight excluding hydrogens is 957 g/mol. The lowest BCUT2D eigenvalue weighted by Crippen LogP contribution is -2.52. The van der Waals surface area contributed by atoms with Gasteiger partial charge in [-0.3, -0.25) is 0 Å². The van der Waals surface area contributed by atoms with Gasteiger partial charge >= 0.3 is 12.2 Å². The molecule has 5 rings (SSSR count). The average molecular weight is 1040 g/mol. The lowest BCUT2D eigenvalue weighted by Gasteiger charge is -2.32. The second kappa shape index (κ2) is 28.5. The molecule has 2 saturated heterocycles. The van der Waals surface area contributed by atoms with E-state index in [-0.39, 0.29) is 30.3 Å². The number of nitrogens with zero attached hydrogens (tertiary/aromatic N) is 1. The Labute approximate surface area is 435 Å². The minimum Gasteiger partial charge on any atom is -0.497 e. The van der Waals surface area contributed by atoms with Crippen molar-refractivity contribution in [3.05, 3.63) is 96.1 Å². The van der Waals surface area contributed by atoms with E-state index in [4.69, 9.17) is 33.2 Å². The fraction of sp³-hybridized carbons (Fsp3) is 0.636. The molecule has 6 atom stereocenters. The van der Waals surface area contributed by atoms with Crippen molar-refractivity contribution in [2.75, 3.05) is 59.7 Å². The van der Waals surface area contributed by atoms with Gasteiger partial charge in [-0.05, 0) is 135 Å². The molecule has 4 unspecified atom stereocenters. The van der Waals surface area contributed by atoms with Crippen molar-refractivity contribution in [3.8, 4) is 5.75 Å². The van der Waals surface area contributed by atoms with Crippen LogP contribution >= 0.6 is 0 Å². The largest absolute Gasteiger partial charge is 0.497 e. The Morgan fingerprint density at radius 2 is 1.07 bits per heavy atom. The maximum Gasteiger partial charge on any atom is 0.407 e. The van der Waals surface area contributed by atoms with E-state index < -0.39 is 69.3 Å². The van der Waals surface area contributed by atoms with Crippen LogP contribution in [0.2, 0.25) is 0 Å². The van der Waals surface area contributed by atoms with Gasteiger partial charge in [0.1, 0.15) is 17.0 Å². The summed E-state index contributed by atoms with van der Waals surface area (Å²) >= 11 is 0. The highest BCUT2D eigenvalue weighted by Gasteiger charge is 2.36. The number of hydrogen-bond donors (Lipinski definition) is 5. The molecule has 2 amide bonds. The molecule has 73 heavy (non-hydrogen) atoms. The predicted molar refractivity (Wildman–Crippen MR) is 281 cm³/mol.